The summed E-state index contributed by atoms with van der Waals surface area (Å²) in [7, 11) is 0. The molecule has 25 heavy (non-hydrogen) atoms. The van der Waals surface area contributed by atoms with Gasteiger partial charge in [-0.3, -0.25) is 10.1 Å². The molecule has 1 heterocycles. The topological polar surface area (TPSA) is 81.8 Å². The zero-order valence-corrected chi connectivity index (χ0v) is 13.4. The van der Waals surface area contributed by atoms with Crippen LogP contribution in [-0.2, 0) is 9.53 Å². The number of allylic oxidation sites excluding steroid dienone is 2. The van der Waals surface area contributed by atoms with Gasteiger partial charge in [0.15, 0.2) is 5.70 Å². The van der Waals surface area contributed by atoms with E-state index in [1.54, 1.807) is 30.4 Å². The minimum absolute atomic E-state index is 0.00454. The van der Waals surface area contributed by atoms with Gasteiger partial charge in [-0.15, -0.1) is 0 Å². The monoisotopic (exact) mass is 334 g/mol. The zero-order chi connectivity index (χ0) is 17.8. The molecule has 0 radical (unpaired) electrons. The Bertz CT molecular complexity index is 942. The Morgan fingerprint density at radius 2 is 1.96 bits per heavy atom. The normalized spacial score (nSPS) is 15.5. The van der Waals surface area contributed by atoms with Crippen LogP contribution in [-0.4, -0.2) is 16.8 Å². The number of rotatable bonds is 4. The first-order valence-corrected chi connectivity index (χ1v) is 7.54. The molecule has 0 unspecified atom stereocenters. The Hall–Kier alpha value is -3.54. The van der Waals surface area contributed by atoms with Crippen LogP contribution < -0.4 is 0 Å². The summed E-state index contributed by atoms with van der Waals surface area (Å²) in [6, 6.07) is 13.8. The van der Waals surface area contributed by atoms with E-state index in [1.165, 1.54) is 12.1 Å². The van der Waals surface area contributed by atoms with Crippen molar-refractivity contribution < 1.29 is 14.5 Å². The second kappa shape index (κ2) is 6.92. The molecule has 0 atom stereocenters. The van der Waals surface area contributed by atoms with Gasteiger partial charge in [0.05, 0.1) is 10.5 Å². The van der Waals surface area contributed by atoms with Gasteiger partial charge in [0, 0.05) is 11.6 Å². The van der Waals surface area contributed by atoms with E-state index in [1.807, 2.05) is 31.2 Å². The molecule has 1 aliphatic heterocycles. The summed E-state index contributed by atoms with van der Waals surface area (Å²) in [4.78, 5) is 26.6. The van der Waals surface area contributed by atoms with Crippen molar-refractivity contribution in [2.75, 3.05) is 0 Å². The Balaban J connectivity index is 1.84. The van der Waals surface area contributed by atoms with E-state index in [0.717, 1.165) is 11.1 Å². The minimum atomic E-state index is -0.552. The third-order valence-electron chi connectivity index (χ3n) is 3.55. The average Bonchev–Trinajstić information content (AvgIpc) is 2.96. The summed E-state index contributed by atoms with van der Waals surface area (Å²) in [6.07, 6.45) is 4.57. The van der Waals surface area contributed by atoms with Crippen molar-refractivity contribution in [3.8, 4) is 0 Å². The zero-order valence-electron chi connectivity index (χ0n) is 13.4. The number of hydrogen-bond acceptors (Lipinski definition) is 5. The van der Waals surface area contributed by atoms with Crippen molar-refractivity contribution in [1.82, 2.24) is 0 Å². The number of nitro groups is 1. The van der Waals surface area contributed by atoms with E-state index in [4.69, 9.17) is 4.74 Å². The smallest absolute Gasteiger partial charge is 0.363 e. The van der Waals surface area contributed by atoms with Crippen molar-refractivity contribution in [2.45, 2.75) is 6.92 Å². The molecule has 6 heteroatoms. The van der Waals surface area contributed by atoms with Gasteiger partial charge in [-0.2, -0.15) is 0 Å². The lowest BCUT2D eigenvalue weighted by Gasteiger charge is -1.99. The average molecular weight is 334 g/mol. The van der Waals surface area contributed by atoms with Gasteiger partial charge in [0.25, 0.3) is 5.69 Å². The Kier molecular flexibility index (Phi) is 4.52. The number of carbonyl (C=O) groups is 1. The molecule has 124 valence electrons. The first kappa shape index (κ1) is 16.3. The number of aliphatic imine (C=N–C) groups is 1. The highest BCUT2D eigenvalue weighted by atomic mass is 16.6. The lowest BCUT2D eigenvalue weighted by Crippen LogP contribution is -2.05. The third-order valence-corrected chi connectivity index (χ3v) is 3.55. The number of cyclic esters (lactones) is 1. The van der Waals surface area contributed by atoms with E-state index < -0.39 is 10.9 Å². The SMILES string of the molecule is Cc1cccc(C2=NC(=CC=Cc3ccccc3[N+](=O)[O-])C(=O)O2)c1. The number of carbonyl (C=O) groups excluding carboxylic acids is 1. The molecule has 3 rings (SSSR count). The first-order valence-electron chi connectivity index (χ1n) is 7.54. The summed E-state index contributed by atoms with van der Waals surface area (Å²) in [5.74, 6) is -0.303. The molecule has 0 saturated carbocycles. The van der Waals surface area contributed by atoms with Crippen LogP contribution in [0.5, 0.6) is 0 Å². The van der Waals surface area contributed by atoms with Crippen molar-refractivity contribution in [2.24, 2.45) is 4.99 Å². The minimum Gasteiger partial charge on any atom is -0.402 e. The quantitative estimate of drug-likeness (QED) is 0.368. The van der Waals surface area contributed by atoms with Crippen LogP contribution in [0.4, 0.5) is 5.69 Å². The van der Waals surface area contributed by atoms with E-state index in [0.29, 0.717) is 5.56 Å². The highest BCUT2D eigenvalue weighted by molar-refractivity contribution is 6.11. The van der Waals surface area contributed by atoms with Gasteiger partial charge in [-0.1, -0.05) is 35.9 Å². The molecule has 0 aromatic heterocycles. The fourth-order valence-corrected chi connectivity index (χ4v) is 2.36. The van der Waals surface area contributed by atoms with E-state index in [2.05, 4.69) is 4.99 Å². The molecule has 2 aromatic carbocycles. The van der Waals surface area contributed by atoms with Gasteiger partial charge in [-0.25, -0.2) is 9.79 Å². The van der Waals surface area contributed by atoms with Crippen molar-refractivity contribution in [1.29, 1.82) is 0 Å². The van der Waals surface area contributed by atoms with Crippen LogP contribution >= 0.6 is 0 Å². The predicted octanol–water partition coefficient (Wildman–Crippen LogP) is 3.80. The molecule has 0 fully saturated rings. The summed E-state index contributed by atoms with van der Waals surface area (Å²) < 4.78 is 5.18. The molecular formula is C19H14N2O4. The molecule has 0 bridgehead atoms. The number of benzene rings is 2. The third kappa shape index (κ3) is 3.69. The van der Waals surface area contributed by atoms with E-state index in [-0.39, 0.29) is 17.3 Å². The summed E-state index contributed by atoms with van der Waals surface area (Å²) in [6.45, 7) is 1.94. The van der Waals surface area contributed by atoms with Gasteiger partial charge in [0.2, 0.25) is 5.90 Å². The maximum atomic E-state index is 11.9. The maximum Gasteiger partial charge on any atom is 0.363 e. The summed E-state index contributed by atoms with van der Waals surface area (Å²) in [5, 5.41) is 11.0. The number of ether oxygens (including phenoxy) is 1. The summed E-state index contributed by atoms with van der Waals surface area (Å²) in [5.41, 5.74) is 2.34. The van der Waals surface area contributed by atoms with Crippen LogP contribution in [0, 0.1) is 17.0 Å². The molecule has 1 aliphatic rings. The number of hydrogen-bond donors (Lipinski definition) is 0. The van der Waals surface area contributed by atoms with E-state index in [9.17, 15) is 14.9 Å². The molecule has 6 nitrogen and oxygen atoms in total. The fourth-order valence-electron chi connectivity index (χ4n) is 2.36. The van der Waals surface area contributed by atoms with Crippen LogP contribution in [0.15, 0.2) is 71.4 Å². The number of nitrogens with zero attached hydrogens (tertiary/aromatic N) is 2. The van der Waals surface area contributed by atoms with Crippen LogP contribution in [0.25, 0.3) is 6.08 Å². The number of nitro benzene ring substituents is 1. The highest BCUT2D eigenvalue weighted by Gasteiger charge is 2.23. The lowest BCUT2D eigenvalue weighted by molar-refractivity contribution is -0.385. The van der Waals surface area contributed by atoms with Crippen LogP contribution in [0.1, 0.15) is 16.7 Å². The Labute approximate surface area is 143 Å². The van der Waals surface area contributed by atoms with Crippen molar-refractivity contribution in [3.63, 3.8) is 0 Å². The molecule has 0 saturated heterocycles. The van der Waals surface area contributed by atoms with Gasteiger partial charge >= 0.3 is 5.97 Å². The van der Waals surface area contributed by atoms with Gasteiger partial charge < -0.3 is 4.74 Å². The van der Waals surface area contributed by atoms with Gasteiger partial charge in [-0.05, 0) is 37.3 Å². The Morgan fingerprint density at radius 1 is 1.16 bits per heavy atom. The van der Waals surface area contributed by atoms with Crippen molar-refractivity contribution in [3.05, 3.63) is 93.2 Å². The molecule has 2 aromatic rings. The number of para-hydroxylation sites is 1. The predicted molar refractivity (Wildman–Crippen MR) is 94.0 cm³/mol. The fraction of sp³-hybridized carbons (Fsp3) is 0.0526. The summed E-state index contributed by atoms with van der Waals surface area (Å²) >= 11 is 0. The second-order valence-electron chi connectivity index (χ2n) is 5.40. The van der Waals surface area contributed by atoms with Gasteiger partial charge in [0.1, 0.15) is 0 Å². The molecule has 0 aliphatic carbocycles. The van der Waals surface area contributed by atoms with Crippen LogP contribution in [0.3, 0.4) is 0 Å². The molecule has 0 N–H and O–H groups in total. The van der Waals surface area contributed by atoms with E-state index >= 15 is 0 Å². The standard InChI is InChI=1S/C19H14N2O4/c1-13-6-4-9-15(12-13)18-20-16(19(22)25-18)10-5-8-14-7-2-3-11-17(14)21(23)24/h2-12H,1H3. The highest BCUT2D eigenvalue weighted by Crippen LogP contribution is 2.20. The molecular weight excluding hydrogens is 320 g/mol. The second-order valence-corrected chi connectivity index (χ2v) is 5.40. The van der Waals surface area contributed by atoms with Crippen molar-refractivity contribution >= 4 is 23.6 Å². The largest absolute Gasteiger partial charge is 0.402 e. The maximum absolute atomic E-state index is 11.9. The Morgan fingerprint density at radius 3 is 2.72 bits per heavy atom. The first-order chi connectivity index (χ1) is 12.0. The lowest BCUT2D eigenvalue weighted by atomic mass is 10.1. The molecule has 0 amide bonds. The number of aryl methyl sites for hydroxylation is 1. The number of esters is 1. The molecule has 0 spiro atoms. The van der Waals surface area contributed by atoms with Crippen LogP contribution in [0.2, 0.25) is 0 Å².